The van der Waals surface area contributed by atoms with Crippen molar-refractivity contribution in [1.29, 1.82) is 0 Å². The fourth-order valence-corrected chi connectivity index (χ4v) is 1.78. The smallest absolute Gasteiger partial charge is 0.418 e. The standard InChI is InChI=1S/C13H15BNO3/c1-13(2,3)18-12(16)15-10-7-5-4-6-9(10)8-11(15)14-17/h4-8,17H,1-3H3. The molecule has 0 aliphatic rings. The predicted molar refractivity (Wildman–Crippen MR) is 71.2 cm³/mol. The lowest BCUT2D eigenvalue weighted by Crippen LogP contribution is -2.34. The van der Waals surface area contributed by atoms with Crippen molar-refractivity contribution in [3.8, 4) is 0 Å². The molecule has 93 valence electrons. The Morgan fingerprint density at radius 3 is 2.61 bits per heavy atom. The van der Waals surface area contributed by atoms with Crippen molar-refractivity contribution in [1.82, 2.24) is 4.57 Å². The van der Waals surface area contributed by atoms with Crippen LogP contribution in [0.15, 0.2) is 30.3 Å². The Morgan fingerprint density at radius 1 is 1.33 bits per heavy atom. The molecule has 1 heterocycles. The molecule has 4 nitrogen and oxygen atoms in total. The quantitative estimate of drug-likeness (QED) is 0.776. The molecule has 2 rings (SSSR count). The molecular formula is C13H15BNO3. The number of carbonyl (C=O) groups excluding carboxylic acids is 1. The number of aromatic nitrogens is 1. The number of para-hydroxylation sites is 1. The minimum atomic E-state index is -0.574. The number of carbonyl (C=O) groups is 1. The Kier molecular flexibility index (Phi) is 3.17. The maximum absolute atomic E-state index is 12.1. The van der Waals surface area contributed by atoms with Gasteiger partial charge in [-0.15, -0.1) is 0 Å². The molecule has 0 unspecified atom stereocenters. The number of fused-ring (bicyclic) bond motifs is 1. The van der Waals surface area contributed by atoms with Crippen molar-refractivity contribution < 1.29 is 14.6 Å². The second kappa shape index (κ2) is 4.50. The number of hydrogen-bond acceptors (Lipinski definition) is 3. The summed E-state index contributed by atoms with van der Waals surface area (Å²) in [6.45, 7) is 5.41. The minimum Gasteiger partial charge on any atom is -0.449 e. The summed E-state index contributed by atoms with van der Waals surface area (Å²) in [5.41, 5.74) is 0.548. The van der Waals surface area contributed by atoms with Gasteiger partial charge in [0.15, 0.2) is 0 Å². The van der Waals surface area contributed by atoms with Crippen LogP contribution in [0.25, 0.3) is 10.9 Å². The minimum absolute atomic E-state index is 0.408. The van der Waals surface area contributed by atoms with Gasteiger partial charge in [0.2, 0.25) is 0 Å². The lowest BCUT2D eigenvalue weighted by atomic mass is 9.96. The maximum atomic E-state index is 12.1. The van der Waals surface area contributed by atoms with Gasteiger partial charge in [0.05, 0.1) is 5.52 Å². The molecule has 0 fully saturated rings. The third-order valence-corrected chi connectivity index (χ3v) is 2.45. The second-order valence-electron chi connectivity index (χ2n) is 5.07. The first-order valence-electron chi connectivity index (χ1n) is 5.73. The average Bonchev–Trinajstić information content (AvgIpc) is 2.64. The summed E-state index contributed by atoms with van der Waals surface area (Å²) in [5.74, 6) is 0. The van der Waals surface area contributed by atoms with Gasteiger partial charge in [-0.05, 0) is 38.3 Å². The fraction of sp³-hybridized carbons (Fsp3) is 0.308. The lowest BCUT2D eigenvalue weighted by molar-refractivity contribution is 0.0549. The van der Waals surface area contributed by atoms with E-state index in [2.05, 4.69) is 0 Å². The van der Waals surface area contributed by atoms with E-state index in [0.717, 1.165) is 12.9 Å². The van der Waals surface area contributed by atoms with Gasteiger partial charge in [0.25, 0.3) is 0 Å². The third kappa shape index (κ3) is 2.41. The molecule has 0 aliphatic heterocycles. The molecule has 1 radical (unpaired) electrons. The van der Waals surface area contributed by atoms with Crippen molar-refractivity contribution >= 4 is 30.1 Å². The van der Waals surface area contributed by atoms with E-state index in [4.69, 9.17) is 4.74 Å². The van der Waals surface area contributed by atoms with Crippen LogP contribution in [0.4, 0.5) is 4.79 Å². The Bertz CT molecular complexity index is 583. The summed E-state index contributed by atoms with van der Waals surface area (Å²) >= 11 is 0. The van der Waals surface area contributed by atoms with Crippen LogP contribution < -0.4 is 5.59 Å². The Balaban J connectivity index is 2.51. The van der Waals surface area contributed by atoms with Gasteiger partial charge in [-0.25, -0.2) is 4.79 Å². The summed E-state index contributed by atoms with van der Waals surface area (Å²) in [4.78, 5) is 12.1. The van der Waals surface area contributed by atoms with E-state index in [0.29, 0.717) is 11.1 Å². The van der Waals surface area contributed by atoms with Gasteiger partial charge in [-0.2, -0.15) is 0 Å². The molecule has 1 aromatic carbocycles. The van der Waals surface area contributed by atoms with Crippen molar-refractivity contribution in [2.45, 2.75) is 26.4 Å². The van der Waals surface area contributed by atoms with Gasteiger partial charge in [-0.1, -0.05) is 18.2 Å². The highest BCUT2D eigenvalue weighted by Gasteiger charge is 2.21. The first-order valence-corrected chi connectivity index (χ1v) is 5.73. The van der Waals surface area contributed by atoms with Crippen LogP contribution in [0.5, 0.6) is 0 Å². The number of ether oxygens (including phenoxy) is 1. The monoisotopic (exact) mass is 244 g/mol. The lowest BCUT2D eigenvalue weighted by Gasteiger charge is -2.20. The summed E-state index contributed by atoms with van der Waals surface area (Å²) in [6.07, 6.45) is -0.496. The molecule has 5 heteroatoms. The highest BCUT2D eigenvalue weighted by atomic mass is 16.6. The van der Waals surface area contributed by atoms with Crippen molar-refractivity contribution in [3.63, 3.8) is 0 Å². The molecule has 2 aromatic rings. The van der Waals surface area contributed by atoms with Crippen LogP contribution >= 0.6 is 0 Å². The van der Waals surface area contributed by atoms with Gasteiger partial charge in [0.1, 0.15) is 5.60 Å². The SMILES string of the molecule is CC(C)(C)OC(=O)n1c([B]O)cc2ccccc21. The molecule has 0 saturated carbocycles. The average molecular weight is 244 g/mol. The van der Waals surface area contributed by atoms with E-state index in [9.17, 15) is 9.82 Å². The molecule has 0 atom stereocenters. The summed E-state index contributed by atoms with van der Waals surface area (Å²) < 4.78 is 6.69. The molecule has 1 aromatic heterocycles. The van der Waals surface area contributed by atoms with Crippen LogP contribution in [0, 0.1) is 0 Å². The first-order chi connectivity index (χ1) is 8.42. The number of rotatable bonds is 1. The maximum Gasteiger partial charge on any atom is 0.418 e. The zero-order chi connectivity index (χ0) is 13.3. The second-order valence-corrected chi connectivity index (χ2v) is 5.07. The fourth-order valence-electron chi connectivity index (χ4n) is 1.78. The highest BCUT2D eigenvalue weighted by molar-refractivity contribution is 6.46. The van der Waals surface area contributed by atoms with E-state index < -0.39 is 11.7 Å². The Hall–Kier alpha value is -1.75. The number of benzene rings is 1. The van der Waals surface area contributed by atoms with Crippen molar-refractivity contribution in [2.24, 2.45) is 0 Å². The van der Waals surface area contributed by atoms with E-state index in [1.54, 1.807) is 26.8 Å². The van der Waals surface area contributed by atoms with Crippen molar-refractivity contribution in [2.75, 3.05) is 0 Å². The predicted octanol–water partition coefficient (Wildman–Crippen LogP) is 1.66. The largest absolute Gasteiger partial charge is 0.449 e. The van der Waals surface area contributed by atoms with Crippen LogP contribution in [-0.2, 0) is 4.74 Å². The van der Waals surface area contributed by atoms with Gasteiger partial charge in [0, 0.05) is 5.59 Å². The molecule has 1 N–H and O–H groups in total. The molecular weight excluding hydrogens is 229 g/mol. The van der Waals surface area contributed by atoms with Gasteiger partial charge >= 0.3 is 13.6 Å². The molecule has 0 bridgehead atoms. The zero-order valence-electron chi connectivity index (χ0n) is 10.7. The van der Waals surface area contributed by atoms with E-state index in [1.165, 1.54) is 4.57 Å². The summed E-state index contributed by atoms with van der Waals surface area (Å²) in [7, 11) is 0.907. The van der Waals surface area contributed by atoms with E-state index in [1.807, 2.05) is 24.3 Å². The summed E-state index contributed by atoms with van der Waals surface area (Å²) in [6, 6.07) is 9.14. The molecule has 0 aliphatic carbocycles. The number of hydrogen-bond donors (Lipinski definition) is 1. The Labute approximate surface area is 106 Å². The topological polar surface area (TPSA) is 51.5 Å². The molecule has 0 saturated heterocycles. The van der Waals surface area contributed by atoms with Gasteiger partial charge in [-0.3, -0.25) is 4.57 Å². The number of nitrogens with zero attached hydrogens (tertiary/aromatic N) is 1. The van der Waals surface area contributed by atoms with E-state index >= 15 is 0 Å². The molecule has 0 amide bonds. The molecule has 0 spiro atoms. The van der Waals surface area contributed by atoms with Crippen LogP contribution in [0.2, 0.25) is 0 Å². The van der Waals surface area contributed by atoms with Crippen LogP contribution in [0.3, 0.4) is 0 Å². The first kappa shape index (κ1) is 12.7. The van der Waals surface area contributed by atoms with E-state index in [-0.39, 0.29) is 0 Å². The Morgan fingerprint density at radius 2 is 2.00 bits per heavy atom. The van der Waals surface area contributed by atoms with Crippen LogP contribution in [0.1, 0.15) is 20.8 Å². The highest BCUT2D eigenvalue weighted by Crippen LogP contribution is 2.16. The molecule has 18 heavy (non-hydrogen) atoms. The summed E-state index contributed by atoms with van der Waals surface area (Å²) in [5, 5.41) is 10.1. The van der Waals surface area contributed by atoms with Gasteiger partial charge < -0.3 is 9.76 Å². The normalized spacial score (nSPS) is 11.6. The van der Waals surface area contributed by atoms with Crippen molar-refractivity contribution in [3.05, 3.63) is 30.3 Å². The zero-order valence-corrected chi connectivity index (χ0v) is 10.7. The third-order valence-electron chi connectivity index (χ3n) is 2.45. The van der Waals surface area contributed by atoms with Crippen LogP contribution in [-0.4, -0.2) is 28.8 Å².